The van der Waals surface area contributed by atoms with Crippen molar-refractivity contribution in [3.63, 3.8) is 0 Å². The van der Waals surface area contributed by atoms with Crippen LogP contribution in [0.3, 0.4) is 0 Å². The summed E-state index contributed by atoms with van der Waals surface area (Å²) in [5.74, 6) is 0. The normalized spacial score (nSPS) is 12.3. The van der Waals surface area contributed by atoms with Crippen molar-refractivity contribution in [1.82, 2.24) is 5.32 Å². The van der Waals surface area contributed by atoms with Crippen LogP contribution in [-0.4, -0.2) is 20.1 Å². The van der Waals surface area contributed by atoms with Gasteiger partial charge in [-0.2, -0.15) is 0 Å². The Morgan fingerprint density at radius 3 is 2.68 bits per heavy atom. The molecule has 0 spiro atoms. The smallest absolute Gasteiger partial charge is 0.0950 e. The molecule has 1 aromatic heterocycles. The van der Waals surface area contributed by atoms with Gasteiger partial charge in [0.05, 0.1) is 12.5 Å². The summed E-state index contributed by atoms with van der Waals surface area (Å²) >= 11 is 0. The summed E-state index contributed by atoms with van der Waals surface area (Å²) in [6, 6.07) is 12.8. The molecule has 0 aliphatic carbocycles. The third kappa shape index (κ3) is 4.14. The molecule has 1 heterocycles. The van der Waals surface area contributed by atoms with E-state index >= 15 is 0 Å². The minimum absolute atomic E-state index is 0.348. The van der Waals surface area contributed by atoms with Crippen LogP contribution in [-0.2, 0) is 0 Å². The quantitative estimate of drug-likeness (QED) is 0.771. The summed E-state index contributed by atoms with van der Waals surface area (Å²) in [6.07, 6.45) is 4.64. The van der Waals surface area contributed by atoms with Crippen molar-refractivity contribution in [3.8, 4) is 0 Å². The van der Waals surface area contributed by atoms with Gasteiger partial charge in [0.15, 0.2) is 0 Å². The van der Waals surface area contributed by atoms with Crippen LogP contribution < -0.4 is 10.2 Å². The summed E-state index contributed by atoms with van der Waals surface area (Å²) in [5.41, 5.74) is 2.47. The maximum atomic E-state index is 5.09. The predicted octanol–water partition coefficient (Wildman–Crippen LogP) is 3.46. The van der Waals surface area contributed by atoms with Crippen LogP contribution in [0.4, 0.5) is 5.69 Å². The Balaban J connectivity index is 1.67. The molecule has 2 aromatic rings. The Morgan fingerprint density at radius 1 is 1.21 bits per heavy atom. The van der Waals surface area contributed by atoms with Crippen LogP contribution in [0.25, 0.3) is 0 Å². The lowest BCUT2D eigenvalue weighted by atomic mass is 10.2. The van der Waals surface area contributed by atoms with E-state index in [-0.39, 0.29) is 0 Å². The fourth-order valence-electron chi connectivity index (χ4n) is 2.09. The Bertz CT molecular complexity index is 453. The molecule has 0 saturated heterocycles. The lowest BCUT2D eigenvalue weighted by molar-refractivity contribution is 0.533. The van der Waals surface area contributed by atoms with Crippen LogP contribution in [0.2, 0.25) is 0 Å². The van der Waals surface area contributed by atoms with Crippen molar-refractivity contribution in [2.45, 2.75) is 19.4 Å². The van der Waals surface area contributed by atoms with E-state index < -0.39 is 0 Å². The Labute approximate surface area is 115 Å². The van der Waals surface area contributed by atoms with E-state index in [0.717, 1.165) is 19.5 Å². The van der Waals surface area contributed by atoms with Gasteiger partial charge in [0.1, 0.15) is 0 Å². The van der Waals surface area contributed by atoms with Crippen LogP contribution in [0.5, 0.6) is 0 Å². The van der Waals surface area contributed by atoms with Gasteiger partial charge in [0, 0.05) is 30.9 Å². The Kier molecular flexibility index (Phi) is 5.04. The molecule has 0 aliphatic rings. The largest absolute Gasteiger partial charge is 0.472 e. The van der Waals surface area contributed by atoms with Gasteiger partial charge in [-0.05, 0) is 38.1 Å². The molecule has 102 valence electrons. The number of para-hydroxylation sites is 1. The van der Waals surface area contributed by atoms with Crippen molar-refractivity contribution in [1.29, 1.82) is 0 Å². The molecular weight excluding hydrogens is 236 g/mol. The van der Waals surface area contributed by atoms with Crippen molar-refractivity contribution in [2.24, 2.45) is 0 Å². The maximum Gasteiger partial charge on any atom is 0.0950 e. The molecule has 0 saturated carbocycles. The van der Waals surface area contributed by atoms with E-state index in [0.29, 0.717) is 6.04 Å². The molecule has 3 nitrogen and oxygen atoms in total. The van der Waals surface area contributed by atoms with Crippen LogP contribution in [0.15, 0.2) is 53.3 Å². The standard InChI is InChI=1S/C16H22N2O/c1-14(15-9-12-19-13-15)17-10-6-11-18(2)16-7-4-3-5-8-16/h3-5,7-9,12-14,17H,6,10-11H2,1-2H3. The molecule has 1 N–H and O–H groups in total. The van der Waals surface area contributed by atoms with Gasteiger partial charge in [-0.1, -0.05) is 18.2 Å². The third-order valence-corrected chi connectivity index (χ3v) is 3.36. The average molecular weight is 258 g/mol. The van der Waals surface area contributed by atoms with Crippen molar-refractivity contribution in [2.75, 3.05) is 25.0 Å². The van der Waals surface area contributed by atoms with Gasteiger partial charge in [-0.25, -0.2) is 0 Å². The van der Waals surface area contributed by atoms with Crippen molar-refractivity contribution in [3.05, 3.63) is 54.5 Å². The molecule has 1 unspecified atom stereocenters. The zero-order valence-corrected chi connectivity index (χ0v) is 11.7. The summed E-state index contributed by atoms with van der Waals surface area (Å²) in [4.78, 5) is 2.28. The lowest BCUT2D eigenvalue weighted by Crippen LogP contribution is -2.25. The molecule has 0 fully saturated rings. The van der Waals surface area contributed by atoms with Crippen LogP contribution >= 0.6 is 0 Å². The van der Waals surface area contributed by atoms with E-state index in [4.69, 9.17) is 4.42 Å². The molecule has 0 amide bonds. The highest BCUT2D eigenvalue weighted by Gasteiger charge is 2.05. The number of hydrogen-bond acceptors (Lipinski definition) is 3. The zero-order valence-electron chi connectivity index (χ0n) is 11.7. The number of benzene rings is 1. The first-order valence-corrected chi connectivity index (χ1v) is 6.79. The number of furan rings is 1. The summed E-state index contributed by atoms with van der Waals surface area (Å²) < 4.78 is 5.09. The molecule has 1 aromatic carbocycles. The van der Waals surface area contributed by atoms with Gasteiger partial charge in [0.2, 0.25) is 0 Å². The summed E-state index contributed by atoms with van der Waals surface area (Å²) in [7, 11) is 2.13. The highest BCUT2D eigenvalue weighted by Crippen LogP contribution is 2.13. The van der Waals surface area contributed by atoms with Crippen LogP contribution in [0.1, 0.15) is 24.9 Å². The minimum Gasteiger partial charge on any atom is -0.472 e. The van der Waals surface area contributed by atoms with E-state index in [1.54, 1.807) is 12.5 Å². The fraction of sp³-hybridized carbons (Fsp3) is 0.375. The van der Waals surface area contributed by atoms with E-state index in [1.807, 2.05) is 12.1 Å². The van der Waals surface area contributed by atoms with Gasteiger partial charge in [-0.15, -0.1) is 0 Å². The molecule has 1 atom stereocenters. The number of hydrogen-bond donors (Lipinski definition) is 1. The lowest BCUT2D eigenvalue weighted by Gasteiger charge is -2.20. The number of rotatable bonds is 7. The molecular formula is C16H22N2O. The highest BCUT2D eigenvalue weighted by molar-refractivity contribution is 5.44. The second kappa shape index (κ2) is 7.00. The first kappa shape index (κ1) is 13.7. The Hall–Kier alpha value is -1.74. The molecule has 19 heavy (non-hydrogen) atoms. The van der Waals surface area contributed by atoms with Gasteiger partial charge >= 0.3 is 0 Å². The van der Waals surface area contributed by atoms with E-state index in [2.05, 4.69) is 48.5 Å². The predicted molar refractivity (Wildman–Crippen MR) is 79.5 cm³/mol. The molecule has 3 heteroatoms. The van der Waals surface area contributed by atoms with Crippen molar-refractivity contribution < 1.29 is 4.42 Å². The third-order valence-electron chi connectivity index (χ3n) is 3.36. The first-order valence-electron chi connectivity index (χ1n) is 6.79. The van der Waals surface area contributed by atoms with Crippen molar-refractivity contribution >= 4 is 5.69 Å². The topological polar surface area (TPSA) is 28.4 Å². The zero-order chi connectivity index (χ0) is 13.5. The SMILES string of the molecule is CC(NCCCN(C)c1ccccc1)c1ccoc1. The summed E-state index contributed by atoms with van der Waals surface area (Å²) in [6.45, 7) is 4.21. The average Bonchev–Trinajstić information content (AvgIpc) is 2.98. The molecule has 0 radical (unpaired) electrons. The number of nitrogens with zero attached hydrogens (tertiary/aromatic N) is 1. The fourth-order valence-corrected chi connectivity index (χ4v) is 2.09. The Morgan fingerprint density at radius 2 is 2.00 bits per heavy atom. The second-order valence-corrected chi connectivity index (χ2v) is 4.84. The molecule has 0 aliphatic heterocycles. The minimum atomic E-state index is 0.348. The van der Waals surface area contributed by atoms with Gasteiger partial charge in [-0.3, -0.25) is 0 Å². The molecule has 0 bridgehead atoms. The molecule has 2 rings (SSSR count). The van der Waals surface area contributed by atoms with Crippen LogP contribution in [0, 0.1) is 0 Å². The van der Waals surface area contributed by atoms with Gasteiger partial charge in [0.25, 0.3) is 0 Å². The second-order valence-electron chi connectivity index (χ2n) is 4.84. The van der Waals surface area contributed by atoms with E-state index in [1.165, 1.54) is 11.3 Å². The number of nitrogens with one attached hydrogen (secondary N) is 1. The monoisotopic (exact) mass is 258 g/mol. The van der Waals surface area contributed by atoms with Gasteiger partial charge < -0.3 is 14.6 Å². The first-order chi connectivity index (χ1) is 9.27. The van der Waals surface area contributed by atoms with E-state index in [9.17, 15) is 0 Å². The number of anilines is 1. The highest BCUT2D eigenvalue weighted by atomic mass is 16.3. The summed E-state index contributed by atoms with van der Waals surface area (Å²) in [5, 5.41) is 3.51. The maximum absolute atomic E-state index is 5.09.